The first kappa shape index (κ1) is 17.9. The molecule has 2 N–H and O–H groups in total. The molecule has 2 fully saturated rings. The smallest absolute Gasteiger partial charge is 0.243 e. The van der Waals surface area contributed by atoms with Crippen LogP contribution in [-0.2, 0) is 19.6 Å². The van der Waals surface area contributed by atoms with Crippen molar-refractivity contribution in [2.24, 2.45) is 11.7 Å². The summed E-state index contributed by atoms with van der Waals surface area (Å²) in [4.78, 5) is 25.0. The van der Waals surface area contributed by atoms with Gasteiger partial charge < -0.3 is 10.6 Å². The number of nitrogens with two attached hydrogens (primary N) is 1. The number of amides is 2. The van der Waals surface area contributed by atoms with Gasteiger partial charge in [-0.3, -0.25) is 9.59 Å². The third-order valence-corrected chi connectivity index (χ3v) is 7.05. The Labute approximate surface area is 147 Å². The number of primary amides is 1. The number of anilines is 1. The molecule has 25 heavy (non-hydrogen) atoms. The number of hydrogen-bond acceptors (Lipinski definition) is 4. The van der Waals surface area contributed by atoms with Crippen molar-refractivity contribution in [2.75, 3.05) is 18.0 Å². The highest BCUT2D eigenvalue weighted by atomic mass is 32.2. The van der Waals surface area contributed by atoms with Crippen molar-refractivity contribution >= 4 is 27.5 Å². The van der Waals surface area contributed by atoms with Gasteiger partial charge in [-0.25, -0.2) is 8.42 Å². The molecule has 136 valence electrons. The molecule has 0 saturated carbocycles. The van der Waals surface area contributed by atoms with E-state index in [1.165, 1.54) is 17.0 Å². The van der Waals surface area contributed by atoms with Gasteiger partial charge >= 0.3 is 0 Å². The number of benzene rings is 1. The lowest BCUT2D eigenvalue weighted by Gasteiger charge is -2.32. The van der Waals surface area contributed by atoms with E-state index >= 15 is 0 Å². The summed E-state index contributed by atoms with van der Waals surface area (Å²) in [6, 6.07) is 6.27. The number of carbonyl (C=O) groups excluding carboxylic acids is 2. The van der Waals surface area contributed by atoms with E-state index in [1.54, 1.807) is 16.4 Å². The second kappa shape index (κ2) is 6.76. The van der Waals surface area contributed by atoms with Gasteiger partial charge in [0.05, 0.1) is 10.8 Å². The molecule has 7 nitrogen and oxygen atoms in total. The third-order valence-electron chi connectivity index (χ3n) is 5.02. The van der Waals surface area contributed by atoms with Crippen LogP contribution in [-0.4, -0.2) is 43.7 Å². The van der Waals surface area contributed by atoms with E-state index in [-0.39, 0.29) is 29.8 Å². The van der Waals surface area contributed by atoms with Gasteiger partial charge in [-0.05, 0) is 44.0 Å². The maximum Gasteiger partial charge on any atom is 0.243 e. The first-order chi connectivity index (χ1) is 11.8. The number of nitrogens with zero attached hydrogens (tertiary/aromatic N) is 2. The summed E-state index contributed by atoms with van der Waals surface area (Å²) in [5.41, 5.74) is 5.86. The molecule has 2 aliphatic rings. The minimum Gasteiger partial charge on any atom is -0.369 e. The molecule has 2 amide bonds. The maximum absolute atomic E-state index is 12.8. The van der Waals surface area contributed by atoms with Crippen LogP contribution in [0, 0.1) is 5.92 Å². The summed E-state index contributed by atoms with van der Waals surface area (Å²) in [5, 5.41) is 0. The van der Waals surface area contributed by atoms with E-state index in [0.717, 1.165) is 19.3 Å². The van der Waals surface area contributed by atoms with E-state index in [4.69, 9.17) is 5.73 Å². The average molecular weight is 365 g/mol. The zero-order chi connectivity index (χ0) is 18.2. The molecule has 2 heterocycles. The van der Waals surface area contributed by atoms with Gasteiger partial charge in [-0.2, -0.15) is 4.31 Å². The van der Waals surface area contributed by atoms with Crippen molar-refractivity contribution in [3.8, 4) is 0 Å². The Morgan fingerprint density at radius 1 is 1.20 bits per heavy atom. The lowest BCUT2D eigenvalue weighted by Crippen LogP contribution is -2.41. The zero-order valence-electron chi connectivity index (χ0n) is 14.2. The number of carbonyl (C=O) groups is 2. The molecule has 0 aromatic heterocycles. The van der Waals surface area contributed by atoms with E-state index < -0.39 is 21.8 Å². The maximum atomic E-state index is 12.8. The number of piperidine rings is 1. The second-order valence-corrected chi connectivity index (χ2v) is 8.65. The van der Waals surface area contributed by atoms with Crippen molar-refractivity contribution in [2.45, 2.75) is 43.5 Å². The molecule has 2 aliphatic heterocycles. The summed E-state index contributed by atoms with van der Waals surface area (Å²) < 4.78 is 27.2. The SMILES string of the molecule is C[C@@H]1CCCCN1S(=O)(=O)c1ccc(N2C[C@@H](C(N)=O)CC2=O)cc1. The quantitative estimate of drug-likeness (QED) is 0.863. The topological polar surface area (TPSA) is 101 Å². The Kier molecular flexibility index (Phi) is 4.83. The van der Waals surface area contributed by atoms with Gasteiger partial charge in [0.15, 0.2) is 0 Å². The predicted octanol–water partition coefficient (Wildman–Crippen LogP) is 1.09. The minimum atomic E-state index is -3.53. The molecule has 0 spiro atoms. The molecule has 0 radical (unpaired) electrons. The van der Waals surface area contributed by atoms with Gasteiger partial charge in [0.1, 0.15) is 0 Å². The van der Waals surface area contributed by atoms with E-state index in [9.17, 15) is 18.0 Å². The van der Waals surface area contributed by atoms with E-state index in [0.29, 0.717) is 12.2 Å². The van der Waals surface area contributed by atoms with Gasteiger partial charge in [-0.1, -0.05) is 6.42 Å². The van der Waals surface area contributed by atoms with Gasteiger partial charge in [0.2, 0.25) is 21.8 Å². The largest absolute Gasteiger partial charge is 0.369 e. The monoisotopic (exact) mass is 365 g/mol. The van der Waals surface area contributed by atoms with Crippen LogP contribution in [0.1, 0.15) is 32.6 Å². The lowest BCUT2D eigenvalue weighted by atomic mass is 10.1. The summed E-state index contributed by atoms with van der Waals surface area (Å²) >= 11 is 0. The van der Waals surface area contributed by atoms with Crippen molar-refractivity contribution in [1.82, 2.24) is 4.31 Å². The van der Waals surface area contributed by atoms with Crippen LogP contribution in [0.2, 0.25) is 0 Å². The molecular weight excluding hydrogens is 342 g/mol. The van der Waals surface area contributed by atoms with Crippen molar-refractivity contribution in [3.05, 3.63) is 24.3 Å². The Balaban J connectivity index is 1.80. The van der Waals surface area contributed by atoms with Crippen LogP contribution >= 0.6 is 0 Å². The van der Waals surface area contributed by atoms with Crippen LogP contribution in [0.25, 0.3) is 0 Å². The predicted molar refractivity (Wildman–Crippen MR) is 93.3 cm³/mol. The molecule has 3 rings (SSSR count). The van der Waals surface area contributed by atoms with Crippen LogP contribution in [0.15, 0.2) is 29.2 Å². The standard InChI is InChI=1S/C17H23N3O4S/c1-12-4-2-3-9-20(12)25(23,24)15-7-5-14(6-8-15)19-11-13(17(18)22)10-16(19)21/h5-8,12-13H,2-4,9-11H2,1H3,(H2,18,22)/t12-,13+/m1/s1. The number of rotatable bonds is 4. The summed E-state index contributed by atoms with van der Waals surface area (Å²) in [6.45, 7) is 2.71. The van der Waals surface area contributed by atoms with Gasteiger partial charge in [0, 0.05) is 31.2 Å². The van der Waals surface area contributed by atoms with Crippen LogP contribution in [0.3, 0.4) is 0 Å². The highest BCUT2D eigenvalue weighted by Crippen LogP contribution is 2.29. The molecule has 0 aliphatic carbocycles. The van der Waals surface area contributed by atoms with Crippen molar-refractivity contribution < 1.29 is 18.0 Å². The first-order valence-corrected chi connectivity index (χ1v) is 9.96. The summed E-state index contributed by atoms with van der Waals surface area (Å²) in [7, 11) is -3.53. The number of hydrogen-bond donors (Lipinski definition) is 1. The molecule has 1 aromatic rings. The summed E-state index contributed by atoms with van der Waals surface area (Å²) in [5.74, 6) is -1.16. The average Bonchev–Trinajstić information content (AvgIpc) is 2.97. The van der Waals surface area contributed by atoms with E-state index in [2.05, 4.69) is 0 Å². The zero-order valence-corrected chi connectivity index (χ0v) is 15.0. The normalized spacial score (nSPS) is 25.3. The third kappa shape index (κ3) is 3.41. The lowest BCUT2D eigenvalue weighted by molar-refractivity contribution is -0.123. The molecule has 2 atom stereocenters. The Hall–Kier alpha value is -1.93. The fourth-order valence-corrected chi connectivity index (χ4v) is 5.21. The molecule has 2 saturated heterocycles. The summed E-state index contributed by atoms with van der Waals surface area (Å²) in [6.07, 6.45) is 2.89. The Morgan fingerprint density at radius 3 is 2.44 bits per heavy atom. The van der Waals surface area contributed by atoms with Crippen LogP contribution in [0.4, 0.5) is 5.69 Å². The fraction of sp³-hybridized carbons (Fsp3) is 0.529. The van der Waals surface area contributed by atoms with Crippen molar-refractivity contribution in [1.29, 1.82) is 0 Å². The highest BCUT2D eigenvalue weighted by molar-refractivity contribution is 7.89. The fourth-order valence-electron chi connectivity index (χ4n) is 3.51. The number of sulfonamides is 1. The minimum absolute atomic E-state index is 0.00471. The van der Waals surface area contributed by atoms with Crippen molar-refractivity contribution in [3.63, 3.8) is 0 Å². The Morgan fingerprint density at radius 2 is 1.88 bits per heavy atom. The molecule has 8 heteroatoms. The van der Waals surface area contributed by atoms with Crippen LogP contribution < -0.4 is 10.6 Å². The molecule has 1 aromatic carbocycles. The highest BCUT2D eigenvalue weighted by Gasteiger charge is 2.35. The van der Waals surface area contributed by atoms with E-state index in [1.807, 2.05) is 6.92 Å². The molecular formula is C17H23N3O4S. The van der Waals surface area contributed by atoms with Crippen LogP contribution in [0.5, 0.6) is 0 Å². The second-order valence-electron chi connectivity index (χ2n) is 6.76. The molecule has 0 unspecified atom stereocenters. The van der Waals surface area contributed by atoms with Gasteiger partial charge in [-0.15, -0.1) is 0 Å². The Bertz CT molecular complexity index is 776. The van der Waals surface area contributed by atoms with Gasteiger partial charge in [0.25, 0.3) is 0 Å². The first-order valence-electron chi connectivity index (χ1n) is 8.52. The molecule has 0 bridgehead atoms.